The number of hydrogen-bond donors (Lipinski definition) is 3. The number of H-pyrrole nitrogens is 1. The zero-order valence-corrected chi connectivity index (χ0v) is 15.0. The summed E-state index contributed by atoms with van der Waals surface area (Å²) in [6, 6.07) is 6.97. The third kappa shape index (κ3) is 4.34. The summed E-state index contributed by atoms with van der Waals surface area (Å²) in [5.41, 5.74) is 6.91. The Balaban J connectivity index is 1.55. The number of halogens is 1. The summed E-state index contributed by atoms with van der Waals surface area (Å²) in [5, 5.41) is 1.42. The summed E-state index contributed by atoms with van der Waals surface area (Å²) in [6.45, 7) is 3.72. The standard InChI is InChI=1S/C19H19ClN4O2/c1-2-24-9-3-4-13(12-24)5-8-18(25)22-23-19(26)17-11-14-10-15(20)6-7-16(14)21-17/h3-11,21H,2,12H2,1H3,(H,22,25)(H,23,26)/b8-5+. The van der Waals surface area contributed by atoms with E-state index >= 15 is 0 Å². The summed E-state index contributed by atoms with van der Waals surface area (Å²) >= 11 is 5.94. The summed E-state index contributed by atoms with van der Waals surface area (Å²) in [7, 11) is 0. The number of amides is 2. The molecule has 2 aromatic rings. The zero-order chi connectivity index (χ0) is 18.5. The highest BCUT2D eigenvalue weighted by molar-refractivity contribution is 6.31. The second kappa shape index (κ2) is 7.93. The quantitative estimate of drug-likeness (QED) is 0.572. The molecule has 6 nitrogen and oxygen atoms in total. The van der Waals surface area contributed by atoms with E-state index in [0.717, 1.165) is 29.6 Å². The number of hydrogen-bond acceptors (Lipinski definition) is 3. The molecule has 2 heterocycles. The minimum atomic E-state index is -0.434. The number of nitrogens with one attached hydrogen (secondary N) is 3. The van der Waals surface area contributed by atoms with Crippen LogP contribution < -0.4 is 10.9 Å². The lowest BCUT2D eigenvalue weighted by Crippen LogP contribution is -2.40. The number of likely N-dealkylation sites (N-methyl/N-ethyl adjacent to an activating group) is 1. The highest BCUT2D eigenvalue weighted by Crippen LogP contribution is 2.19. The minimum Gasteiger partial charge on any atom is -0.373 e. The van der Waals surface area contributed by atoms with Gasteiger partial charge in [0.15, 0.2) is 0 Å². The summed E-state index contributed by atoms with van der Waals surface area (Å²) in [6.07, 6.45) is 9.02. The van der Waals surface area contributed by atoms with Gasteiger partial charge >= 0.3 is 0 Å². The number of aromatic nitrogens is 1. The number of carbonyl (C=O) groups is 2. The van der Waals surface area contributed by atoms with E-state index in [0.29, 0.717) is 10.7 Å². The van der Waals surface area contributed by atoms with E-state index in [1.54, 1.807) is 30.3 Å². The van der Waals surface area contributed by atoms with E-state index in [9.17, 15) is 9.59 Å². The third-order valence-corrected chi connectivity index (χ3v) is 4.21. The van der Waals surface area contributed by atoms with Crippen LogP contribution in [0.2, 0.25) is 5.02 Å². The van der Waals surface area contributed by atoms with Gasteiger partial charge in [0.05, 0.1) is 0 Å². The van der Waals surface area contributed by atoms with Crippen molar-refractivity contribution in [2.45, 2.75) is 6.92 Å². The predicted octanol–water partition coefficient (Wildman–Crippen LogP) is 2.91. The molecule has 7 heteroatoms. The number of carbonyl (C=O) groups excluding carboxylic acids is 2. The van der Waals surface area contributed by atoms with Crippen LogP contribution in [0.5, 0.6) is 0 Å². The lowest BCUT2D eigenvalue weighted by molar-refractivity contribution is -0.117. The summed E-state index contributed by atoms with van der Waals surface area (Å²) in [4.78, 5) is 29.1. The van der Waals surface area contributed by atoms with Crippen LogP contribution in [-0.4, -0.2) is 34.8 Å². The van der Waals surface area contributed by atoms with Crippen LogP contribution in [0.3, 0.4) is 0 Å². The molecule has 0 atom stereocenters. The Kier molecular flexibility index (Phi) is 5.43. The number of benzene rings is 1. The third-order valence-electron chi connectivity index (χ3n) is 3.97. The van der Waals surface area contributed by atoms with E-state index < -0.39 is 11.8 Å². The van der Waals surface area contributed by atoms with Crippen molar-refractivity contribution in [1.29, 1.82) is 0 Å². The number of aromatic amines is 1. The predicted molar refractivity (Wildman–Crippen MR) is 103 cm³/mol. The topological polar surface area (TPSA) is 77.2 Å². The Bertz CT molecular complexity index is 927. The SMILES string of the molecule is CCN1C=CC=C(/C=C/C(=O)NNC(=O)c2cc3cc(Cl)ccc3[nH]2)C1. The van der Waals surface area contributed by atoms with Gasteiger partial charge in [-0.2, -0.15) is 0 Å². The van der Waals surface area contributed by atoms with Crippen LogP contribution in [0, 0.1) is 0 Å². The van der Waals surface area contributed by atoms with Crippen molar-refractivity contribution in [3.05, 3.63) is 71.1 Å². The van der Waals surface area contributed by atoms with E-state index in [-0.39, 0.29) is 0 Å². The highest BCUT2D eigenvalue weighted by Gasteiger charge is 2.10. The fraction of sp³-hybridized carbons (Fsp3) is 0.158. The Labute approximate surface area is 156 Å². The Morgan fingerprint density at radius 3 is 2.96 bits per heavy atom. The molecule has 0 saturated carbocycles. The highest BCUT2D eigenvalue weighted by atomic mass is 35.5. The van der Waals surface area contributed by atoms with Crippen LogP contribution in [-0.2, 0) is 4.79 Å². The molecule has 3 N–H and O–H groups in total. The van der Waals surface area contributed by atoms with Crippen LogP contribution in [0.1, 0.15) is 17.4 Å². The minimum absolute atomic E-state index is 0.338. The van der Waals surface area contributed by atoms with Gasteiger partial charge in [-0.15, -0.1) is 0 Å². The van der Waals surface area contributed by atoms with E-state index in [4.69, 9.17) is 11.6 Å². The summed E-state index contributed by atoms with van der Waals surface area (Å²) < 4.78 is 0. The molecule has 0 aliphatic carbocycles. The normalized spacial score (nSPS) is 13.9. The van der Waals surface area contributed by atoms with Gasteiger partial charge < -0.3 is 9.88 Å². The fourth-order valence-electron chi connectivity index (χ4n) is 2.59. The van der Waals surface area contributed by atoms with Crippen LogP contribution >= 0.6 is 11.6 Å². The average Bonchev–Trinajstić information content (AvgIpc) is 3.07. The number of hydrazine groups is 1. The molecule has 0 spiro atoms. The first-order valence-electron chi connectivity index (χ1n) is 8.23. The smallest absolute Gasteiger partial charge is 0.286 e. The van der Waals surface area contributed by atoms with Crippen molar-refractivity contribution in [1.82, 2.24) is 20.7 Å². The van der Waals surface area contributed by atoms with Gasteiger partial charge in [-0.1, -0.05) is 23.8 Å². The maximum Gasteiger partial charge on any atom is 0.286 e. The molecule has 0 bridgehead atoms. The molecule has 0 fully saturated rings. The monoisotopic (exact) mass is 370 g/mol. The van der Waals surface area contributed by atoms with Crippen LogP contribution in [0.15, 0.2) is 60.3 Å². The van der Waals surface area contributed by atoms with E-state index in [1.165, 1.54) is 6.08 Å². The van der Waals surface area contributed by atoms with Gasteiger partial charge in [-0.25, -0.2) is 0 Å². The Hall–Kier alpha value is -2.99. The first-order valence-corrected chi connectivity index (χ1v) is 8.61. The molecule has 1 aliphatic heterocycles. The molecular formula is C19H19ClN4O2. The molecular weight excluding hydrogens is 352 g/mol. The molecule has 1 aromatic heterocycles. The molecule has 134 valence electrons. The van der Waals surface area contributed by atoms with Crippen molar-refractivity contribution in [3.63, 3.8) is 0 Å². The van der Waals surface area contributed by atoms with Gasteiger partial charge in [0.2, 0.25) is 0 Å². The van der Waals surface area contributed by atoms with Gasteiger partial charge in [-0.05, 0) is 49.0 Å². The number of nitrogens with zero attached hydrogens (tertiary/aromatic N) is 1. The van der Waals surface area contributed by atoms with Gasteiger partial charge in [0, 0.05) is 35.1 Å². The average molecular weight is 371 g/mol. The molecule has 1 aliphatic rings. The van der Waals surface area contributed by atoms with Gasteiger partial charge in [0.25, 0.3) is 11.8 Å². The lowest BCUT2D eigenvalue weighted by Gasteiger charge is -2.21. The number of fused-ring (bicyclic) bond motifs is 1. The Morgan fingerprint density at radius 1 is 1.31 bits per heavy atom. The zero-order valence-electron chi connectivity index (χ0n) is 14.3. The van der Waals surface area contributed by atoms with Gasteiger partial charge in [0.1, 0.15) is 5.69 Å². The molecule has 0 saturated heterocycles. The molecule has 2 amide bonds. The molecule has 1 aromatic carbocycles. The van der Waals surface area contributed by atoms with Gasteiger partial charge in [-0.3, -0.25) is 20.4 Å². The van der Waals surface area contributed by atoms with Crippen molar-refractivity contribution in [3.8, 4) is 0 Å². The maximum absolute atomic E-state index is 12.2. The fourth-order valence-corrected chi connectivity index (χ4v) is 2.77. The molecule has 26 heavy (non-hydrogen) atoms. The molecule has 3 rings (SSSR count). The number of rotatable bonds is 4. The first kappa shape index (κ1) is 17.8. The van der Waals surface area contributed by atoms with Crippen molar-refractivity contribution in [2.24, 2.45) is 0 Å². The molecule has 0 radical (unpaired) electrons. The van der Waals surface area contributed by atoms with Crippen molar-refractivity contribution >= 4 is 34.3 Å². The molecule has 0 unspecified atom stereocenters. The van der Waals surface area contributed by atoms with Crippen molar-refractivity contribution < 1.29 is 9.59 Å². The van der Waals surface area contributed by atoms with Crippen LogP contribution in [0.25, 0.3) is 10.9 Å². The van der Waals surface area contributed by atoms with Crippen molar-refractivity contribution in [2.75, 3.05) is 13.1 Å². The number of allylic oxidation sites excluding steroid dienone is 2. The lowest BCUT2D eigenvalue weighted by atomic mass is 10.1. The largest absolute Gasteiger partial charge is 0.373 e. The maximum atomic E-state index is 12.2. The van der Waals surface area contributed by atoms with E-state index in [1.807, 2.05) is 18.4 Å². The first-order chi connectivity index (χ1) is 12.5. The van der Waals surface area contributed by atoms with E-state index in [2.05, 4.69) is 27.7 Å². The Morgan fingerprint density at radius 2 is 2.15 bits per heavy atom. The van der Waals surface area contributed by atoms with Crippen LogP contribution in [0.4, 0.5) is 0 Å². The summed E-state index contributed by atoms with van der Waals surface area (Å²) in [5.74, 6) is -0.841. The second-order valence-electron chi connectivity index (χ2n) is 5.84. The second-order valence-corrected chi connectivity index (χ2v) is 6.27.